The molecule has 0 aliphatic carbocycles. The smallest absolute Gasteiger partial charge is 0.147 e. The van der Waals surface area contributed by atoms with E-state index < -0.39 is 0 Å². The number of nitrogens with zero attached hydrogens (tertiary/aromatic N) is 3. The Kier molecular flexibility index (Phi) is 3.76. The van der Waals surface area contributed by atoms with Crippen LogP contribution in [0.4, 0.5) is 5.82 Å². The first-order valence-corrected chi connectivity index (χ1v) is 4.57. The summed E-state index contributed by atoms with van der Waals surface area (Å²) in [6, 6.07) is 1.98. The fraction of sp³-hybridized carbons (Fsp3) is 0.667. The van der Waals surface area contributed by atoms with E-state index in [0.717, 1.165) is 25.3 Å². The molecule has 1 N–H and O–H groups in total. The SMILES string of the molecule is CN(C)CCCNc1ccn(C)n1. The molecule has 1 rings (SSSR count). The molecule has 1 aromatic heterocycles. The van der Waals surface area contributed by atoms with Gasteiger partial charge in [0.2, 0.25) is 0 Å². The molecule has 0 aromatic carbocycles. The summed E-state index contributed by atoms with van der Waals surface area (Å²) in [5.41, 5.74) is 0. The number of hydrogen-bond acceptors (Lipinski definition) is 3. The van der Waals surface area contributed by atoms with Crippen molar-refractivity contribution in [2.45, 2.75) is 6.42 Å². The highest BCUT2D eigenvalue weighted by molar-refractivity contribution is 5.31. The van der Waals surface area contributed by atoms with Gasteiger partial charge in [-0.05, 0) is 27.1 Å². The molecular formula is C9H18N4. The lowest BCUT2D eigenvalue weighted by Crippen LogP contribution is -2.16. The maximum absolute atomic E-state index is 4.22. The first kappa shape index (κ1) is 10.1. The Balaban J connectivity index is 2.13. The lowest BCUT2D eigenvalue weighted by molar-refractivity contribution is 0.405. The van der Waals surface area contributed by atoms with Crippen molar-refractivity contribution in [1.82, 2.24) is 14.7 Å². The Labute approximate surface area is 79.5 Å². The van der Waals surface area contributed by atoms with Crippen LogP contribution < -0.4 is 5.32 Å². The molecule has 0 saturated carbocycles. The minimum Gasteiger partial charge on any atom is -0.369 e. The molecule has 1 aromatic rings. The van der Waals surface area contributed by atoms with Crippen molar-refractivity contribution in [2.24, 2.45) is 7.05 Å². The molecule has 0 fully saturated rings. The van der Waals surface area contributed by atoms with E-state index in [1.54, 1.807) is 4.68 Å². The van der Waals surface area contributed by atoms with Crippen molar-refractivity contribution in [1.29, 1.82) is 0 Å². The normalized spacial score (nSPS) is 10.8. The Morgan fingerprint density at radius 1 is 1.54 bits per heavy atom. The number of rotatable bonds is 5. The van der Waals surface area contributed by atoms with Crippen LogP contribution in [-0.4, -0.2) is 41.9 Å². The van der Waals surface area contributed by atoms with Crippen LogP contribution in [0, 0.1) is 0 Å². The molecule has 0 amide bonds. The maximum Gasteiger partial charge on any atom is 0.147 e. The number of hydrogen-bond donors (Lipinski definition) is 1. The Morgan fingerprint density at radius 2 is 2.31 bits per heavy atom. The number of nitrogens with one attached hydrogen (secondary N) is 1. The van der Waals surface area contributed by atoms with E-state index in [1.807, 2.05) is 19.3 Å². The lowest BCUT2D eigenvalue weighted by atomic mass is 10.4. The second kappa shape index (κ2) is 4.87. The molecule has 74 valence electrons. The van der Waals surface area contributed by atoms with Gasteiger partial charge in [-0.2, -0.15) is 5.10 Å². The van der Waals surface area contributed by atoms with Gasteiger partial charge in [-0.3, -0.25) is 4.68 Å². The van der Waals surface area contributed by atoms with Crippen LogP contribution >= 0.6 is 0 Å². The average Bonchev–Trinajstić information content (AvgIpc) is 2.45. The quantitative estimate of drug-likeness (QED) is 0.683. The summed E-state index contributed by atoms with van der Waals surface area (Å²) in [7, 11) is 6.09. The maximum atomic E-state index is 4.22. The summed E-state index contributed by atoms with van der Waals surface area (Å²) >= 11 is 0. The zero-order valence-electron chi connectivity index (χ0n) is 8.62. The second-order valence-electron chi connectivity index (χ2n) is 3.46. The van der Waals surface area contributed by atoms with Crippen LogP contribution in [0.25, 0.3) is 0 Å². The molecule has 0 unspecified atom stereocenters. The molecule has 0 atom stereocenters. The van der Waals surface area contributed by atoms with Crippen molar-refractivity contribution in [3.8, 4) is 0 Å². The lowest BCUT2D eigenvalue weighted by Gasteiger charge is -2.08. The van der Waals surface area contributed by atoms with E-state index in [2.05, 4.69) is 29.4 Å². The van der Waals surface area contributed by atoms with Crippen molar-refractivity contribution >= 4 is 5.82 Å². The second-order valence-corrected chi connectivity index (χ2v) is 3.46. The van der Waals surface area contributed by atoms with E-state index in [-0.39, 0.29) is 0 Å². The summed E-state index contributed by atoms with van der Waals surface area (Å²) in [4.78, 5) is 2.18. The van der Waals surface area contributed by atoms with E-state index >= 15 is 0 Å². The fourth-order valence-corrected chi connectivity index (χ4v) is 1.12. The molecule has 0 aliphatic heterocycles. The highest BCUT2D eigenvalue weighted by atomic mass is 15.3. The summed E-state index contributed by atoms with van der Waals surface area (Å²) in [6.45, 7) is 2.09. The van der Waals surface area contributed by atoms with Crippen molar-refractivity contribution < 1.29 is 0 Å². The van der Waals surface area contributed by atoms with E-state index in [9.17, 15) is 0 Å². The Morgan fingerprint density at radius 3 is 2.85 bits per heavy atom. The Hall–Kier alpha value is -1.03. The van der Waals surface area contributed by atoms with E-state index in [1.165, 1.54) is 0 Å². The molecular weight excluding hydrogens is 164 g/mol. The number of aromatic nitrogens is 2. The van der Waals surface area contributed by atoms with Gasteiger partial charge in [0.15, 0.2) is 0 Å². The van der Waals surface area contributed by atoms with Crippen LogP contribution in [0.3, 0.4) is 0 Å². The van der Waals surface area contributed by atoms with Gasteiger partial charge < -0.3 is 10.2 Å². The first-order valence-electron chi connectivity index (χ1n) is 4.57. The zero-order chi connectivity index (χ0) is 9.68. The number of aryl methyl sites for hydroxylation is 1. The van der Waals surface area contributed by atoms with Gasteiger partial charge in [-0.15, -0.1) is 0 Å². The van der Waals surface area contributed by atoms with Crippen LogP contribution in [0.5, 0.6) is 0 Å². The van der Waals surface area contributed by atoms with E-state index in [4.69, 9.17) is 0 Å². The predicted molar refractivity (Wildman–Crippen MR) is 54.9 cm³/mol. The summed E-state index contributed by atoms with van der Waals surface area (Å²) in [6.07, 6.45) is 3.08. The van der Waals surface area contributed by atoms with Gasteiger partial charge in [0.1, 0.15) is 5.82 Å². The predicted octanol–water partition coefficient (Wildman–Crippen LogP) is 0.784. The molecule has 0 spiro atoms. The van der Waals surface area contributed by atoms with Gasteiger partial charge in [-0.25, -0.2) is 0 Å². The molecule has 0 saturated heterocycles. The molecule has 1 heterocycles. The third kappa shape index (κ3) is 3.94. The summed E-state index contributed by atoms with van der Waals surface area (Å²) in [5, 5.41) is 7.48. The highest BCUT2D eigenvalue weighted by Crippen LogP contribution is 2.00. The van der Waals surface area contributed by atoms with Crippen LogP contribution in [0.1, 0.15) is 6.42 Å². The summed E-state index contributed by atoms with van der Waals surface area (Å²) < 4.78 is 1.80. The standard InChI is InChI=1S/C9H18N4/c1-12(2)7-4-6-10-9-5-8-13(3)11-9/h5,8H,4,6-7H2,1-3H3,(H,10,11). The van der Waals surface area contributed by atoms with Gasteiger partial charge in [0.25, 0.3) is 0 Å². The molecule has 13 heavy (non-hydrogen) atoms. The summed E-state index contributed by atoms with van der Waals surface area (Å²) in [5.74, 6) is 0.959. The van der Waals surface area contributed by atoms with Gasteiger partial charge >= 0.3 is 0 Å². The van der Waals surface area contributed by atoms with Gasteiger partial charge in [0, 0.05) is 25.9 Å². The molecule has 0 aliphatic rings. The minimum atomic E-state index is 0.959. The minimum absolute atomic E-state index is 0.959. The molecule has 4 heteroatoms. The fourth-order valence-electron chi connectivity index (χ4n) is 1.12. The average molecular weight is 182 g/mol. The van der Waals surface area contributed by atoms with Crippen LogP contribution in [0.15, 0.2) is 12.3 Å². The number of anilines is 1. The molecule has 0 radical (unpaired) electrons. The first-order chi connectivity index (χ1) is 6.18. The molecule has 0 bridgehead atoms. The largest absolute Gasteiger partial charge is 0.369 e. The van der Waals surface area contributed by atoms with Crippen molar-refractivity contribution in [3.63, 3.8) is 0 Å². The van der Waals surface area contributed by atoms with Gasteiger partial charge in [0.05, 0.1) is 0 Å². The van der Waals surface area contributed by atoms with Crippen LogP contribution in [0.2, 0.25) is 0 Å². The van der Waals surface area contributed by atoms with E-state index in [0.29, 0.717) is 0 Å². The van der Waals surface area contributed by atoms with Crippen molar-refractivity contribution in [3.05, 3.63) is 12.3 Å². The topological polar surface area (TPSA) is 33.1 Å². The third-order valence-corrected chi connectivity index (χ3v) is 1.80. The van der Waals surface area contributed by atoms with Crippen molar-refractivity contribution in [2.75, 3.05) is 32.5 Å². The van der Waals surface area contributed by atoms with Crippen LogP contribution in [-0.2, 0) is 7.05 Å². The monoisotopic (exact) mass is 182 g/mol. The molecule has 4 nitrogen and oxygen atoms in total. The third-order valence-electron chi connectivity index (χ3n) is 1.80. The zero-order valence-corrected chi connectivity index (χ0v) is 8.62. The van der Waals surface area contributed by atoms with Gasteiger partial charge in [-0.1, -0.05) is 0 Å². The Bertz CT molecular complexity index is 242. The highest BCUT2D eigenvalue weighted by Gasteiger charge is 1.94.